The molecular formula is C74H53B2N3OS. The van der Waals surface area contributed by atoms with Crippen LogP contribution < -0.4 is 52.2 Å². The summed E-state index contributed by atoms with van der Waals surface area (Å²) >= 11 is 1.89. The molecule has 7 heteroatoms. The van der Waals surface area contributed by atoms with Crippen LogP contribution in [0.1, 0.15) is 11.1 Å². The molecule has 0 N–H and O–H groups in total. The maximum atomic E-state index is 7.67. The molecule has 0 aliphatic carbocycles. The number of anilines is 9. The van der Waals surface area contributed by atoms with E-state index in [2.05, 4.69) is 314 Å². The Hall–Kier alpha value is -9.68. The summed E-state index contributed by atoms with van der Waals surface area (Å²) < 4.78 is 7.67. The van der Waals surface area contributed by atoms with E-state index in [9.17, 15) is 0 Å². The molecule has 0 unspecified atom stereocenters. The zero-order valence-electron chi connectivity index (χ0n) is 44.9. The van der Waals surface area contributed by atoms with Gasteiger partial charge in [0.15, 0.2) is 0 Å². The third-order valence-electron chi connectivity index (χ3n) is 16.4. The maximum Gasteiger partial charge on any atom is 0.252 e. The number of para-hydroxylation sites is 5. The Labute approximate surface area is 479 Å². The van der Waals surface area contributed by atoms with Gasteiger partial charge in [0.25, 0.3) is 6.71 Å². The predicted octanol–water partition coefficient (Wildman–Crippen LogP) is 16.0. The first-order valence-electron chi connectivity index (χ1n) is 27.9. The van der Waals surface area contributed by atoms with Gasteiger partial charge in [-0.1, -0.05) is 223 Å². The highest BCUT2D eigenvalue weighted by molar-refractivity contribution is 8.00. The number of aryl methyl sites for hydroxylation is 2. The van der Waals surface area contributed by atoms with Crippen molar-refractivity contribution < 1.29 is 4.74 Å². The van der Waals surface area contributed by atoms with Gasteiger partial charge >= 0.3 is 0 Å². The summed E-state index contributed by atoms with van der Waals surface area (Å²) in [6.45, 7) is 4.19. The summed E-state index contributed by atoms with van der Waals surface area (Å²) in [4.78, 5) is 9.82. The number of fused-ring (bicyclic) bond motifs is 6. The van der Waals surface area contributed by atoms with Gasteiger partial charge in [-0.05, 0) is 142 Å². The van der Waals surface area contributed by atoms with Crippen LogP contribution in [0.25, 0.3) is 22.3 Å². The van der Waals surface area contributed by atoms with Crippen LogP contribution >= 0.6 is 11.8 Å². The highest BCUT2D eigenvalue weighted by atomic mass is 32.2. The zero-order valence-corrected chi connectivity index (χ0v) is 45.8. The van der Waals surface area contributed by atoms with Gasteiger partial charge in [-0.3, -0.25) is 0 Å². The number of nitrogens with zero attached hydrogens (tertiary/aromatic N) is 3. The monoisotopic (exact) mass is 1050 g/mol. The van der Waals surface area contributed by atoms with Gasteiger partial charge in [0.05, 0.1) is 5.69 Å². The fraction of sp³-hybridized carbons (Fsp3) is 0.0270. The van der Waals surface area contributed by atoms with Gasteiger partial charge in [0, 0.05) is 67.4 Å². The first-order valence-corrected chi connectivity index (χ1v) is 28.7. The summed E-state index contributed by atoms with van der Waals surface area (Å²) in [6, 6.07) is 104. The highest BCUT2D eigenvalue weighted by Crippen LogP contribution is 2.49. The van der Waals surface area contributed by atoms with Crippen LogP contribution in [0, 0.1) is 13.8 Å². The second-order valence-electron chi connectivity index (χ2n) is 21.2. The van der Waals surface area contributed by atoms with Gasteiger partial charge in [0.2, 0.25) is 6.71 Å². The third-order valence-corrected chi connectivity index (χ3v) is 17.6. The van der Waals surface area contributed by atoms with E-state index in [1.807, 2.05) is 11.8 Å². The minimum Gasteiger partial charge on any atom is -0.458 e. The lowest BCUT2D eigenvalue weighted by atomic mass is 9.31. The molecule has 0 bridgehead atoms. The summed E-state index contributed by atoms with van der Waals surface area (Å²) in [5.74, 6) is 1.66. The van der Waals surface area contributed by atoms with Crippen molar-refractivity contribution >= 4 is 109 Å². The molecule has 0 amide bonds. The lowest BCUT2D eigenvalue weighted by Gasteiger charge is -2.43. The quantitative estimate of drug-likeness (QED) is 0.127. The molecule has 81 heavy (non-hydrogen) atoms. The maximum absolute atomic E-state index is 7.67. The summed E-state index contributed by atoms with van der Waals surface area (Å²) in [5, 5.41) is 0. The minimum atomic E-state index is -0.244. The van der Waals surface area contributed by atoms with Gasteiger partial charge < -0.3 is 19.4 Å². The second-order valence-corrected chi connectivity index (χ2v) is 22.3. The molecule has 12 aromatic carbocycles. The number of ether oxygens (including phenoxy) is 1. The summed E-state index contributed by atoms with van der Waals surface area (Å²) in [7, 11) is 0. The smallest absolute Gasteiger partial charge is 0.252 e. The Morgan fingerprint density at radius 2 is 0.815 bits per heavy atom. The van der Waals surface area contributed by atoms with Crippen molar-refractivity contribution in [2.75, 3.05) is 14.7 Å². The third kappa shape index (κ3) is 8.35. The fourth-order valence-corrected chi connectivity index (χ4v) is 14.2. The molecule has 0 saturated carbocycles. The number of hydrogen-bond acceptors (Lipinski definition) is 5. The number of rotatable bonds is 10. The average molecular weight is 1050 g/mol. The van der Waals surface area contributed by atoms with E-state index >= 15 is 0 Å². The van der Waals surface area contributed by atoms with Gasteiger partial charge in [0.1, 0.15) is 11.5 Å². The largest absolute Gasteiger partial charge is 0.458 e. The Morgan fingerprint density at radius 3 is 1.38 bits per heavy atom. The Bertz CT molecular complexity index is 4180. The number of benzene rings is 12. The van der Waals surface area contributed by atoms with Gasteiger partial charge in [-0.2, -0.15) is 0 Å². The van der Waals surface area contributed by atoms with Crippen LogP contribution in [0.2, 0.25) is 0 Å². The highest BCUT2D eigenvalue weighted by Gasteiger charge is 2.45. The predicted molar refractivity (Wildman–Crippen MR) is 344 cm³/mol. The zero-order chi connectivity index (χ0) is 54.0. The average Bonchev–Trinajstić information content (AvgIpc) is 3.71. The molecule has 0 spiro atoms. The van der Waals surface area contributed by atoms with Crippen molar-refractivity contribution in [1.82, 2.24) is 0 Å². The molecule has 382 valence electrons. The standard InChI is InChI=1S/C74H53B2N3OS/c1-50-25-23-26-51(2)74(50)79-66-49-69-65(48-64(66)76-63-41-21-22-42-70(63)81-71-47-59(45-67(79)73(71)76)78(56-35-17-7-18-36-56)57-37-19-8-20-38-57)75(72-60(52-27-9-3-10-28-52)39-24-40-61(72)53-29-11-4-12-30-53)62-44-43-58(46-68(62)80-69)77(54-31-13-5-14-32-54)55-33-15-6-16-34-55/h3-49H,1-2H3. The Morgan fingerprint density at radius 1 is 0.333 bits per heavy atom. The van der Waals surface area contributed by atoms with Crippen molar-refractivity contribution in [3.05, 3.63) is 296 Å². The van der Waals surface area contributed by atoms with Crippen LogP contribution in [0.3, 0.4) is 0 Å². The SMILES string of the molecule is Cc1cccc(C)c1N1c2cc3c(cc2B2c4ccccc4Sc4cc(N(c5ccccc5)c5ccccc5)cc1c42)B(c1c(-c2ccccc2)cccc1-c1ccccc1)c1ccc(N(c2ccccc2)c2ccccc2)cc1O3. The Kier molecular flexibility index (Phi) is 12.1. The molecule has 12 aromatic rings. The molecule has 0 saturated heterocycles. The summed E-state index contributed by atoms with van der Waals surface area (Å²) in [6.07, 6.45) is 0. The molecule has 4 nitrogen and oxygen atoms in total. The first kappa shape index (κ1) is 48.4. The molecular weight excluding hydrogens is 1000 g/mol. The lowest BCUT2D eigenvalue weighted by molar-refractivity contribution is 0.488. The van der Waals surface area contributed by atoms with Crippen LogP contribution in [-0.2, 0) is 0 Å². The summed E-state index contributed by atoms with van der Waals surface area (Å²) in [5.41, 5.74) is 24.3. The number of hydrogen-bond donors (Lipinski definition) is 0. The van der Waals surface area contributed by atoms with Crippen LogP contribution in [-0.4, -0.2) is 13.4 Å². The molecule has 15 rings (SSSR count). The fourth-order valence-electron chi connectivity index (χ4n) is 13.0. The van der Waals surface area contributed by atoms with E-state index in [0.717, 1.165) is 67.9 Å². The Balaban J connectivity index is 1.03. The lowest BCUT2D eigenvalue weighted by Crippen LogP contribution is -2.62. The van der Waals surface area contributed by atoms with E-state index in [0.29, 0.717) is 0 Å². The van der Waals surface area contributed by atoms with Crippen LogP contribution in [0.15, 0.2) is 295 Å². The molecule has 0 fully saturated rings. The first-order chi connectivity index (χ1) is 40.0. The normalized spacial score (nSPS) is 12.5. The molecule has 0 aromatic heterocycles. The molecule has 3 aliphatic heterocycles. The van der Waals surface area contributed by atoms with E-state index in [1.165, 1.54) is 70.7 Å². The topological polar surface area (TPSA) is 19.0 Å². The van der Waals surface area contributed by atoms with E-state index < -0.39 is 0 Å². The van der Waals surface area contributed by atoms with Gasteiger partial charge in [-0.15, -0.1) is 0 Å². The van der Waals surface area contributed by atoms with E-state index in [-0.39, 0.29) is 13.4 Å². The molecule has 0 atom stereocenters. The molecule has 0 radical (unpaired) electrons. The van der Waals surface area contributed by atoms with Crippen molar-refractivity contribution in [3.63, 3.8) is 0 Å². The van der Waals surface area contributed by atoms with Crippen molar-refractivity contribution in [2.45, 2.75) is 23.6 Å². The molecule has 3 aliphatic rings. The van der Waals surface area contributed by atoms with Crippen molar-refractivity contribution in [3.8, 4) is 33.8 Å². The van der Waals surface area contributed by atoms with E-state index in [1.54, 1.807) is 0 Å². The van der Waals surface area contributed by atoms with Crippen molar-refractivity contribution in [1.29, 1.82) is 0 Å². The van der Waals surface area contributed by atoms with Crippen molar-refractivity contribution in [2.24, 2.45) is 0 Å². The molecule has 3 heterocycles. The van der Waals surface area contributed by atoms with Gasteiger partial charge in [-0.25, -0.2) is 0 Å². The second kappa shape index (κ2) is 20.2. The van der Waals surface area contributed by atoms with E-state index in [4.69, 9.17) is 4.74 Å². The van der Waals surface area contributed by atoms with Crippen LogP contribution in [0.5, 0.6) is 11.5 Å². The van der Waals surface area contributed by atoms with Crippen LogP contribution in [0.4, 0.5) is 51.2 Å². The minimum absolute atomic E-state index is 0.0861.